The van der Waals surface area contributed by atoms with Crippen LogP contribution in [0.5, 0.6) is 5.75 Å². The zero-order valence-electron chi connectivity index (χ0n) is 14.8. The van der Waals surface area contributed by atoms with Crippen LogP contribution in [0.2, 0.25) is 0 Å². The minimum absolute atomic E-state index is 0.143. The largest absolute Gasteiger partial charge is 0.489 e. The summed E-state index contributed by atoms with van der Waals surface area (Å²) in [5.74, 6) is 0.280. The van der Waals surface area contributed by atoms with E-state index in [9.17, 15) is 9.18 Å². The molecular weight excluding hydrogens is 423 g/mol. The van der Waals surface area contributed by atoms with Crippen LogP contribution in [0.1, 0.15) is 0 Å². The Bertz CT molecular complexity index is 1190. The SMILES string of the molecule is O=c1c2ccccc2nc(-c2ccc(Br)cc2)n1CCOc1ccccc1F. The van der Waals surface area contributed by atoms with Crippen LogP contribution in [0.3, 0.4) is 0 Å². The van der Waals surface area contributed by atoms with Crippen molar-refractivity contribution in [1.29, 1.82) is 0 Å². The van der Waals surface area contributed by atoms with Crippen molar-refractivity contribution in [3.8, 4) is 17.1 Å². The van der Waals surface area contributed by atoms with Gasteiger partial charge in [0.1, 0.15) is 12.4 Å². The van der Waals surface area contributed by atoms with E-state index in [0.717, 1.165) is 10.0 Å². The topological polar surface area (TPSA) is 44.1 Å². The highest BCUT2D eigenvalue weighted by atomic mass is 79.9. The number of rotatable bonds is 5. The smallest absolute Gasteiger partial charge is 0.261 e. The molecule has 6 heteroatoms. The highest BCUT2D eigenvalue weighted by Gasteiger charge is 2.13. The number of halogens is 2. The van der Waals surface area contributed by atoms with Gasteiger partial charge in [-0.2, -0.15) is 0 Å². The molecule has 0 amide bonds. The second-order valence-electron chi connectivity index (χ2n) is 6.20. The molecule has 4 rings (SSSR count). The van der Waals surface area contributed by atoms with Gasteiger partial charge in [0.2, 0.25) is 0 Å². The third kappa shape index (κ3) is 3.68. The number of hydrogen-bond acceptors (Lipinski definition) is 3. The summed E-state index contributed by atoms with van der Waals surface area (Å²) in [5, 5.41) is 0.536. The summed E-state index contributed by atoms with van der Waals surface area (Å²) >= 11 is 3.42. The number of benzene rings is 3. The van der Waals surface area contributed by atoms with Gasteiger partial charge in [-0.05, 0) is 36.4 Å². The monoisotopic (exact) mass is 438 g/mol. The second-order valence-corrected chi connectivity index (χ2v) is 7.11. The van der Waals surface area contributed by atoms with Crippen LogP contribution in [-0.2, 0) is 6.54 Å². The third-order valence-electron chi connectivity index (χ3n) is 4.37. The molecule has 0 bridgehead atoms. The van der Waals surface area contributed by atoms with Crippen molar-refractivity contribution in [2.45, 2.75) is 6.54 Å². The Morgan fingerprint density at radius 1 is 0.964 bits per heavy atom. The number of hydrogen-bond donors (Lipinski definition) is 0. The molecule has 0 spiro atoms. The molecule has 0 aliphatic carbocycles. The first-order chi connectivity index (χ1) is 13.6. The number of aromatic nitrogens is 2. The van der Waals surface area contributed by atoms with Crippen molar-refractivity contribution in [1.82, 2.24) is 9.55 Å². The van der Waals surface area contributed by atoms with Gasteiger partial charge >= 0.3 is 0 Å². The molecular formula is C22H16BrFN2O2. The molecule has 0 unspecified atom stereocenters. The quantitative estimate of drug-likeness (QED) is 0.438. The van der Waals surface area contributed by atoms with Crippen LogP contribution < -0.4 is 10.3 Å². The van der Waals surface area contributed by atoms with Gasteiger partial charge in [0.25, 0.3) is 5.56 Å². The van der Waals surface area contributed by atoms with Crippen molar-refractivity contribution in [3.05, 3.63) is 93.4 Å². The minimum atomic E-state index is -0.431. The maximum atomic E-state index is 13.8. The van der Waals surface area contributed by atoms with E-state index in [4.69, 9.17) is 9.72 Å². The molecule has 0 aliphatic heterocycles. The molecule has 4 nitrogen and oxygen atoms in total. The first-order valence-corrected chi connectivity index (χ1v) is 9.55. The van der Waals surface area contributed by atoms with E-state index in [-0.39, 0.29) is 24.5 Å². The molecule has 0 saturated carbocycles. The van der Waals surface area contributed by atoms with E-state index in [1.165, 1.54) is 6.07 Å². The Kier molecular flexibility index (Phi) is 5.21. The Balaban J connectivity index is 1.73. The number of para-hydroxylation sites is 2. The first-order valence-electron chi connectivity index (χ1n) is 8.76. The lowest BCUT2D eigenvalue weighted by molar-refractivity contribution is 0.283. The lowest BCUT2D eigenvalue weighted by atomic mass is 10.2. The molecule has 1 heterocycles. The fourth-order valence-corrected chi connectivity index (χ4v) is 3.27. The lowest BCUT2D eigenvalue weighted by Gasteiger charge is -2.14. The van der Waals surface area contributed by atoms with Crippen molar-refractivity contribution >= 4 is 26.8 Å². The van der Waals surface area contributed by atoms with Crippen LogP contribution in [0, 0.1) is 5.82 Å². The molecule has 0 fully saturated rings. The fraction of sp³-hybridized carbons (Fsp3) is 0.0909. The number of nitrogens with zero attached hydrogens (tertiary/aromatic N) is 2. The average Bonchev–Trinajstić information content (AvgIpc) is 2.71. The highest BCUT2D eigenvalue weighted by Crippen LogP contribution is 2.22. The van der Waals surface area contributed by atoms with Crippen LogP contribution in [0.4, 0.5) is 4.39 Å². The van der Waals surface area contributed by atoms with Crippen molar-refractivity contribution in [2.75, 3.05) is 6.61 Å². The molecule has 1 aromatic heterocycles. The van der Waals surface area contributed by atoms with Gasteiger partial charge < -0.3 is 4.74 Å². The molecule has 0 N–H and O–H groups in total. The summed E-state index contributed by atoms with van der Waals surface area (Å²) < 4.78 is 21.8. The normalized spacial score (nSPS) is 10.9. The highest BCUT2D eigenvalue weighted by molar-refractivity contribution is 9.10. The fourth-order valence-electron chi connectivity index (χ4n) is 3.00. The van der Waals surface area contributed by atoms with Crippen LogP contribution in [0.15, 0.2) is 82.1 Å². The zero-order valence-corrected chi connectivity index (χ0v) is 16.4. The molecule has 140 valence electrons. The molecule has 0 atom stereocenters. The van der Waals surface area contributed by atoms with Gasteiger partial charge in [-0.1, -0.05) is 52.3 Å². The predicted octanol–water partition coefficient (Wildman–Crippen LogP) is 5.04. The molecule has 4 aromatic rings. The van der Waals surface area contributed by atoms with Crippen LogP contribution in [-0.4, -0.2) is 16.2 Å². The van der Waals surface area contributed by atoms with Gasteiger partial charge in [-0.25, -0.2) is 9.37 Å². The maximum Gasteiger partial charge on any atom is 0.261 e. The van der Waals surface area contributed by atoms with Crippen molar-refractivity contribution < 1.29 is 9.13 Å². The second kappa shape index (κ2) is 7.94. The number of fused-ring (bicyclic) bond motifs is 1. The van der Waals surface area contributed by atoms with E-state index in [2.05, 4.69) is 15.9 Å². The minimum Gasteiger partial charge on any atom is -0.489 e. The van der Waals surface area contributed by atoms with E-state index in [1.807, 2.05) is 42.5 Å². The zero-order chi connectivity index (χ0) is 19.5. The molecule has 0 aliphatic rings. The lowest BCUT2D eigenvalue weighted by Crippen LogP contribution is -2.26. The third-order valence-corrected chi connectivity index (χ3v) is 4.90. The Labute approximate surface area is 169 Å². The summed E-state index contributed by atoms with van der Waals surface area (Å²) in [6, 6.07) is 21.0. The summed E-state index contributed by atoms with van der Waals surface area (Å²) in [7, 11) is 0. The van der Waals surface area contributed by atoms with Crippen molar-refractivity contribution in [2.24, 2.45) is 0 Å². The first kappa shape index (κ1) is 18.4. The molecule has 3 aromatic carbocycles. The Hall–Kier alpha value is -2.99. The van der Waals surface area contributed by atoms with Gasteiger partial charge in [0, 0.05) is 10.0 Å². The predicted molar refractivity (Wildman–Crippen MR) is 111 cm³/mol. The van der Waals surface area contributed by atoms with E-state index < -0.39 is 5.82 Å². The Morgan fingerprint density at radius 3 is 2.46 bits per heavy atom. The van der Waals surface area contributed by atoms with Gasteiger partial charge in [-0.3, -0.25) is 9.36 Å². The summed E-state index contributed by atoms with van der Waals surface area (Å²) in [6.45, 7) is 0.390. The summed E-state index contributed by atoms with van der Waals surface area (Å²) in [5.41, 5.74) is 1.30. The van der Waals surface area contributed by atoms with E-state index in [0.29, 0.717) is 16.7 Å². The standard InChI is InChI=1S/C22H16BrFN2O2/c23-16-11-9-15(10-12-16)21-25-19-7-3-1-5-17(19)22(27)26(21)13-14-28-20-8-4-2-6-18(20)24/h1-12H,13-14H2. The maximum absolute atomic E-state index is 13.8. The van der Waals surface area contributed by atoms with Gasteiger partial charge in [0.15, 0.2) is 11.6 Å². The van der Waals surface area contributed by atoms with Crippen LogP contribution >= 0.6 is 15.9 Å². The van der Waals surface area contributed by atoms with E-state index in [1.54, 1.807) is 28.8 Å². The Morgan fingerprint density at radius 2 is 1.68 bits per heavy atom. The molecule has 0 saturated heterocycles. The van der Waals surface area contributed by atoms with Gasteiger partial charge in [-0.15, -0.1) is 0 Å². The number of ether oxygens (including phenoxy) is 1. The van der Waals surface area contributed by atoms with E-state index >= 15 is 0 Å². The molecule has 0 radical (unpaired) electrons. The average molecular weight is 439 g/mol. The van der Waals surface area contributed by atoms with Gasteiger partial charge in [0.05, 0.1) is 17.4 Å². The van der Waals surface area contributed by atoms with Crippen molar-refractivity contribution in [3.63, 3.8) is 0 Å². The molecule has 28 heavy (non-hydrogen) atoms. The summed E-state index contributed by atoms with van der Waals surface area (Å²) in [4.78, 5) is 17.8. The summed E-state index contributed by atoms with van der Waals surface area (Å²) in [6.07, 6.45) is 0. The van der Waals surface area contributed by atoms with Crippen LogP contribution in [0.25, 0.3) is 22.3 Å².